The van der Waals surface area contributed by atoms with Crippen molar-refractivity contribution in [3.63, 3.8) is 0 Å². The molecule has 1 fully saturated rings. The average molecular weight is 225 g/mol. The van der Waals surface area contributed by atoms with E-state index in [0.29, 0.717) is 5.95 Å². The van der Waals surface area contributed by atoms with E-state index in [1.807, 2.05) is 0 Å². The van der Waals surface area contributed by atoms with Gasteiger partial charge < -0.3 is 20.3 Å². The maximum absolute atomic E-state index is 11.1. The summed E-state index contributed by atoms with van der Waals surface area (Å²) in [6.07, 6.45) is -0.320. The molecule has 4 unspecified atom stereocenters. The van der Waals surface area contributed by atoms with Crippen molar-refractivity contribution >= 4 is 5.95 Å². The Balaban J connectivity index is 2.07. The van der Waals surface area contributed by atoms with Crippen molar-refractivity contribution in [2.24, 2.45) is 0 Å². The van der Waals surface area contributed by atoms with Crippen LogP contribution in [-0.2, 0) is 4.74 Å². The first-order valence-corrected chi connectivity index (χ1v) is 5.01. The standard InChI is InChI=1S/C9H11N3O4/c13-3-4-6-7(15)8(16-4)12-2-1-5(14)10-9(12)11-6/h1-2,4,6-8,13,15H,3H2,(H,10,11,14). The number of anilines is 1. The number of aliphatic hydroxyl groups is 2. The number of nitrogens with one attached hydrogen (secondary N) is 1. The molecular weight excluding hydrogens is 214 g/mol. The van der Waals surface area contributed by atoms with E-state index >= 15 is 0 Å². The number of ether oxygens (including phenoxy) is 1. The Bertz CT molecular complexity index is 474. The molecule has 1 aromatic rings. The summed E-state index contributed by atoms with van der Waals surface area (Å²) in [5, 5.41) is 21.9. The van der Waals surface area contributed by atoms with Crippen molar-refractivity contribution in [2.75, 3.05) is 11.9 Å². The quantitative estimate of drug-likeness (QED) is 0.526. The van der Waals surface area contributed by atoms with E-state index in [2.05, 4.69) is 10.3 Å². The number of hydrogen-bond donors (Lipinski definition) is 3. The van der Waals surface area contributed by atoms with Crippen LogP contribution in [0.3, 0.4) is 0 Å². The van der Waals surface area contributed by atoms with Crippen LogP contribution >= 0.6 is 0 Å². The molecule has 2 aliphatic heterocycles. The predicted molar refractivity (Wildman–Crippen MR) is 52.9 cm³/mol. The van der Waals surface area contributed by atoms with E-state index in [4.69, 9.17) is 9.84 Å². The lowest BCUT2D eigenvalue weighted by Gasteiger charge is -2.28. The molecule has 3 N–H and O–H groups in total. The zero-order valence-electron chi connectivity index (χ0n) is 8.28. The maximum atomic E-state index is 11.1. The van der Waals surface area contributed by atoms with Crippen LogP contribution in [0.5, 0.6) is 0 Å². The zero-order valence-corrected chi connectivity index (χ0v) is 8.28. The third-order valence-electron chi connectivity index (χ3n) is 2.96. The van der Waals surface area contributed by atoms with Gasteiger partial charge in [-0.1, -0.05) is 0 Å². The highest BCUT2D eigenvalue weighted by atomic mass is 16.5. The summed E-state index contributed by atoms with van der Waals surface area (Å²) >= 11 is 0. The molecule has 0 aliphatic carbocycles. The largest absolute Gasteiger partial charge is 0.394 e. The Kier molecular flexibility index (Phi) is 2.00. The molecule has 3 rings (SSSR count). The first-order chi connectivity index (χ1) is 7.70. The Morgan fingerprint density at radius 1 is 1.62 bits per heavy atom. The molecule has 1 aromatic heterocycles. The highest BCUT2D eigenvalue weighted by molar-refractivity contribution is 5.34. The molecule has 2 aliphatic rings. The summed E-state index contributed by atoms with van der Waals surface area (Å²) in [6, 6.07) is 0.873. The number of aliphatic hydroxyl groups excluding tert-OH is 2. The molecule has 2 bridgehead atoms. The summed E-state index contributed by atoms with van der Waals surface area (Å²) in [4.78, 5) is 14.9. The van der Waals surface area contributed by atoms with Gasteiger partial charge in [-0.2, -0.15) is 4.98 Å². The highest BCUT2D eigenvalue weighted by Gasteiger charge is 2.48. The minimum Gasteiger partial charge on any atom is -0.394 e. The third-order valence-corrected chi connectivity index (χ3v) is 2.96. The lowest BCUT2D eigenvalue weighted by Crippen LogP contribution is -2.45. The van der Waals surface area contributed by atoms with E-state index in [1.165, 1.54) is 12.3 Å². The molecule has 7 nitrogen and oxygen atoms in total. The topological polar surface area (TPSA) is 96.6 Å². The Labute approximate surface area is 90.3 Å². The van der Waals surface area contributed by atoms with Gasteiger partial charge in [-0.25, -0.2) is 0 Å². The fourth-order valence-corrected chi connectivity index (χ4v) is 2.18. The van der Waals surface area contributed by atoms with Crippen LogP contribution in [0.25, 0.3) is 0 Å². The van der Waals surface area contributed by atoms with E-state index in [0.717, 1.165) is 0 Å². The molecule has 3 heterocycles. The molecular formula is C9H11N3O4. The van der Waals surface area contributed by atoms with Gasteiger partial charge in [0.05, 0.1) is 12.6 Å². The van der Waals surface area contributed by atoms with Crippen LogP contribution in [0.1, 0.15) is 6.23 Å². The van der Waals surface area contributed by atoms with Gasteiger partial charge in [0.25, 0.3) is 5.56 Å². The second kappa shape index (κ2) is 3.27. The molecule has 0 spiro atoms. The molecule has 0 radical (unpaired) electrons. The number of nitrogens with zero attached hydrogens (tertiary/aromatic N) is 2. The van der Waals surface area contributed by atoms with Gasteiger partial charge in [0.1, 0.15) is 12.2 Å². The Morgan fingerprint density at radius 2 is 2.44 bits per heavy atom. The normalized spacial score (nSPS) is 35.6. The smallest absolute Gasteiger partial charge is 0.274 e. The van der Waals surface area contributed by atoms with E-state index in [1.54, 1.807) is 4.57 Å². The van der Waals surface area contributed by atoms with Crippen LogP contribution in [0.4, 0.5) is 5.95 Å². The lowest BCUT2D eigenvalue weighted by molar-refractivity contribution is -0.0493. The lowest BCUT2D eigenvalue weighted by atomic mass is 10.1. The molecule has 1 saturated heterocycles. The second-order valence-corrected chi connectivity index (χ2v) is 3.91. The van der Waals surface area contributed by atoms with Gasteiger partial charge >= 0.3 is 0 Å². The average Bonchev–Trinajstić information content (AvgIpc) is 2.49. The third kappa shape index (κ3) is 1.19. The van der Waals surface area contributed by atoms with Crippen LogP contribution in [0, 0.1) is 0 Å². The van der Waals surface area contributed by atoms with Crippen LogP contribution in [0.15, 0.2) is 17.1 Å². The molecule has 16 heavy (non-hydrogen) atoms. The van der Waals surface area contributed by atoms with Gasteiger partial charge in [0.15, 0.2) is 6.23 Å². The van der Waals surface area contributed by atoms with Crippen LogP contribution in [0.2, 0.25) is 0 Å². The zero-order chi connectivity index (χ0) is 11.3. The minimum atomic E-state index is -0.756. The first kappa shape index (κ1) is 9.76. The van der Waals surface area contributed by atoms with Crippen molar-refractivity contribution in [3.05, 3.63) is 22.6 Å². The molecule has 4 atom stereocenters. The van der Waals surface area contributed by atoms with Gasteiger partial charge in [0.2, 0.25) is 5.95 Å². The number of rotatable bonds is 1. The maximum Gasteiger partial charge on any atom is 0.274 e. The van der Waals surface area contributed by atoms with Crippen molar-refractivity contribution in [2.45, 2.75) is 24.5 Å². The number of fused-ring (bicyclic) bond motifs is 4. The van der Waals surface area contributed by atoms with E-state index < -0.39 is 24.5 Å². The fraction of sp³-hybridized carbons (Fsp3) is 0.556. The number of aromatic nitrogens is 2. The summed E-state index contributed by atoms with van der Waals surface area (Å²) in [5.74, 6) is 0.365. The first-order valence-electron chi connectivity index (χ1n) is 5.01. The molecule has 86 valence electrons. The molecule has 0 amide bonds. The van der Waals surface area contributed by atoms with Crippen molar-refractivity contribution in [1.82, 2.24) is 9.55 Å². The summed E-state index contributed by atoms with van der Waals surface area (Å²) in [7, 11) is 0. The highest BCUT2D eigenvalue weighted by Crippen LogP contribution is 2.36. The molecule has 0 saturated carbocycles. The van der Waals surface area contributed by atoms with Gasteiger partial charge in [-0.05, 0) is 0 Å². The van der Waals surface area contributed by atoms with Crippen molar-refractivity contribution in [3.8, 4) is 0 Å². The van der Waals surface area contributed by atoms with E-state index in [9.17, 15) is 9.90 Å². The summed E-state index contributed by atoms with van der Waals surface area (Å²) in [5.41, 5.74) is -0.352. The summed E-state index contributed by atoms with van der Waals surface area (Å²) in [6.45, 7) is -0.190. The van der Waals surface area contributed by atoms with Gasteiger partial charge in [0, 0.05) is 12.3 Å². The van der Waals surface area contributed by atoms with Gasteiger partial charge in [-0.3, -0.25) is 9.36 Å². The fourth-order valence-electron chi connectivity index (χ4n) is 2.18. The Hall–Kier alpha value is -1.44. The van der Waals surface area contributed by atoms with Crippen LogP contribution in [-0.4, -0.2) is 44.6 Å². The predicted octanol–water partition coefficient (Wildman–Crippen LogP) is -1.71. The van der Waals surface area contributed by atoms with E-state index in [-0.39, 0.29) is 12.2 Å². The molecule has 0 aromatic carbocycles. The minimum absolute atomic E-state index is 0.190. The van der Waals surface area contributed by atoms with Gasteiger partial charge in [-0.15, -0.1) is 0 Å². The molecule has 7 heteroatoms. The van der Waals surface area contributed by atoms with Crippen molar-refractivity contribution in [1.29, 1.82) is 0 Å². The number of hydrogen-bond acceptors (Lipinski definition) is 6. The monoisotopic (exact) mass is 225 g/mol. The van der Waals surface area contributed by atoms with Crippen molar-refractivity contribution < 1.29 is 14.9 Å². The second-order valence-electron chi connectivity index (χ2n) is 3.91. The summed E-state index contributed by atoms with van der Waals surface area (Å²) < 4.78 is 7.03. The Morgan fingerprint density at radius 3 is 3.19 bits per heavy atom. The van der Waals surface area contributed by atoms with Crippen LogP contribution < -0.4 is 10.9 Å². The SMILES string of the molecule is O=c1ccn2c(n1)NC1C(CO)OC2C1O.